The SMILES string of the molecule is O=C1CN(C2CC2)C(=O)N1Cc1csc(-c2ccccc2F)n1. The van der Waals surface area contributed by atoms with E-state index in [9.17, 15) is 14.0 Å². The van der Waals surface area contributed by atoms with Crippen molar-refractivity contribution in [2.24, 2.45) is 0 Å². The highest BCUT2D eigenvalue weighted by atomic mass is 32.1. The number of imide groups is 1. The lowest BCUT2D eigenvalue weighted by Crippen LogP contribution is -2.33. The molecule has 7 heteroatoms. The summed E-state index contributed by atoms with van der Waals surface area (Å²) in [6, 6.07) is 6.41. The Bertz CT molecular complexity index is 787. The van der Waals surface area contributed by atoms with Crippen molar-refractivity contribution in [2.45, 2.75) is 25.4 Å². The third-order valence-corrected chi connectivity index (χ3v) is 4.97. The van der Waals surface area contributed by atoms with Gasteiger partial charge in [-0.3, -0.25) is 9.69 Å². The Kier molecular flexibility index (Phi) is 3.37. The van der Waals surface area contributed by atoms with Crippen molar-refractivity contribution >= 4 is 23.3 Å². The summed E-state index contributed by atoms with van der Waals surface area (Å²) in [6.07, 6.45) is 1.95. The van der Waals surface area contributed by atoms with Crippen LogP contribution in [-0.4, -0.2) is 39.3 Å². The van der Waals surface area contributed by atoms with Crippen molar-refractivity contribution in [2.75, 3.05) is 6.54 Å². The monoisotopic (exact) mass is 331 g/mol. The van der Waals surface area contributed by atoms with E-state index in [1.165, 1.54) is 22.3 Å². The molecule has 1 saturated carbocycles. The minimum absolute atomic E-state index is 0.145. The molecule has 1 aromatic carbocycles. The van der Waals surface area contributed by atoms with Crippen LogP contribution in [0, 0.1) is 5.82 Å². The fourth-order valence-electron chi connectivity index (χ4n) is 2.69. The fraction of sp³-hybridized carbons (Fsp3) is 0.312. The normalized spacial score (nSPS) is 18.1. The van der Waals surface area contributed by atoms with E-state index in [4.69, 9.17) is 0 Å². The van der Waals surface area contributed by atoms with Gasteiger partial charge in [-0.25, -0.2) is 14.2 Å². The molecule has 0 N–H and O–H groups in total. The van der Waals surface area contributed by atoms with Crippen molar-refractivity contribution in [3.05, 3.63) is 41.2 Å². The summed E-state index contributed by atoms with van der Waals surface area (Å²) in [5.74, 6) is -0.524. The van der Waals surface area contributed by atoms with Gasteiger partial charge in [-0.1, -0.05) is 12.1 Å². The van der Waals surface area contributed by atoms with E-state index in [1.807, 2.05) is 0 Å². The van der Waals surface area contributed by atoms with Crippen molar-refractivity contribution in [3.63, 3.8) is 0 Å². The van der Waals surface area contributed by atoms with E-state index in [0.717, 1.165) is 12.8 Å². The smallest absolute Gasteiger partial charge is 0.312 e. The van der Waals surface area contributed by atoms with E-state index in [1.54, 1.807) is 28.5 Å². The molecule has 1 saturated heterocycles. The van der Waals surface area contributed by atoms with Gasteiger partial charge in [-0.2, -0.15) is 0 Å². The quantitative estimate of drug-likeness (QED) is 0.810. The molecule has 5 nitrogen and oxygen atoms in total. The highest BCUT2D eigenvalue weighted by Gasteiger charge is 2.43. The summed E-state index contributed by atoms with van der Waals surface area (Å²) in [4.78, 5) is 31.6. The van der Waals surface area contributed by atoms with Gasteiger partial charge in [-0.15, -0.1) is 11.3 Å². The van der Waals surface area contributed by atoms with Crippen LogP contribution in [0.2, 0.25) is 0 Å². The van der Waals surface area contributed by atoms with Gasteiger partial charge in [0.05, 0.1) is 12.2 Å². The van der Waals surface area contributed by atoms with Gasteiger partial charge in [0.2, 0.25) is 0 Å². The number of carbonyl (C=O) groups excluding carboxylic acids is 2. The number of aromatic nitrogens is 1. The van der Waals surface area contributed by atoms with E-state index in [-0.39, 0.29) is 36.9 Å². The summed E-state index contributed by atoms with van der Waals surface area (Å²) in [5.41, 5.74) is 1.04. The van der Waals surface area contributed by atoms with Crippen molar-refractivity contribution < 1.29 is 14.0 Å². The van der Waals surface area contributed by atoms with Crippen molar-refractivity contribution in [1.29, 1.82) is 0 Å². The Morgan fingerprint density at radius 3 is 2.78 bits per heavy atom. The molecule has 0 radical (unpaired) electrons. The lowest BCUT2D eigenvalue weighted by Gasteiger charge is -2.15. The predicted octanol–water partition coefficient (Wildman–Crippen LogP) is 2.88. The zero-order valence-electron chi connectivity index (χ0n) is 12.2. The second kappa shape index (κ2) is 5.42. The second-order valence-corrected chi connectivity index (χ2v) is 6.60. The summed E-state index contributed by atoms with van der Waals surface area (Å²) in [5, 5.41) is 2.32. The third kappa shape index (κ3) is 2.61. The Hall–Kier alpha value is -2.28. The number of nitrogens with zero attached hydrogens (tertiary/aromatic N) is 3. The molecule has 3 amide bonds. The number of benzene rings is 1. The first-order valence-electron chi connectivity index (χ1n) is 7.44. The minimum atomic E-state index is -0.332. The predicted molar refractivity (Wildman–Crippen MR) is 83.2 cm³/mol. The second-order valence-electron chi connectivity index (χ2n) is 5.75. The molecule has 0 spiro atoms. The molecule has 0 unspecified atom stereocenters. The van der Waals surface area contributed by atoms with Crippen LogP contribution in [0.25, 0.3) is 10.6 Å². The van der Waals surface area contributed by atoms with Crippen LogP contribution in [0.15, 0.2) is 29.6 Å². The maximum Gasteiger partial charge on any atom is 0.327 e. The molecule has 4 rings (SSSR count). The standard InChI is InChI=1S/C16H14FN3O2S/c17-13-4-2-1-3-12(13)15-18-10(9-23-15)7-20-14(21)8-19(16(20)22)11-5-6-11/h1-4,9,11H,5-8H2. The van der Waals surface area contributed by atoms with Crippen LogP contribution in [0.5, 0.6) is 0 Å². The van der Waals surface area contributed by atoms with Gasteiger partial charge in [0.1, 0.15) is 17.4 Å². The molecule has 2 aliphatic rings. The number of thiazole rings is 1. The highest BCUT2D eigenvalue weighted by Crippen LogP contribution is 2.31. The van der Waals surface area contributed by atoms with Gasteiger partial charge in [0, 0.05) is 17.0 Å². The number of hydrogen-bond acceptors (Lipinski definition) is 4. The first-order chi connectivity index (χ1) is 11.1. The van der Waals surface area contributed by atoms with Crippen LogP contribution in [0.4, 0.5) is 9.18 Å². The molecule has 2 heterocycles. The molecule has 1 aliphatic carbocycles. The zero-order valence-corrected chi connectivity index (χ0v) is 13.1. The fourth-order valence-corrected chi connectivity index (χ4v) is 3.53. The Morgan fingerprint density at radius 1 is 1.26 bits per heavy atom. The molecule has 2 fully saturated rings. The maximum absolute atomic E-state index is 13.8. The van der Waals surface area contributed by atoms with Crippen LogP contribution >= 0.6 is 11.3 Å². The Morgan fingerprint density at radius 2 is 2.04 bits per heavy atom. The molecule has 1 aromatic heterocycles. The van der Waals surface area contributed by atoms with Gasteiger partial charge in [-0.05, 0) is 25.0 Å². The number of carbonyl (C=O) groups is 2. The first-order valence-corrected chi connectivity index (χ1v) is 8.32. The molecule has 2 aromatic rings. The Balaban J connectivity index is 1.53. The topological polar surface area (TPSA) is 53.5 Å². The average molecular weight is 331 g/mol. The van der Waals surface area contributed by atoms with Gasteiger partial charge in [0.15, 0.2) is 0 Å². The summed E-state index contributed by atoms with van der Waals surface area (Å²) in [7, 11) is 0. The van der Waals surface area contributed by atoms with E-state index in [0.29, 0.717) is 16.3 Å². The highest BCUT2D eigenvalue weighted by molar-refractivity contribution is 7.13. The number of halogens is 1. The van der Waals surface area contributed by atoms with Crippen LogP contribution in [0.3, 0.4) is 0 Å². The molecule has 118 valence electrons. The number of amides is 3. The van der Waals surface area contributed by atoms with Crippen LogP contribution in [0.1, 0.15) is 18.5 Å². The molecule has 1 aliphatic heterocycles. The molecular weight excluding hydrogens is 317 g/mol. The lowest BCUT2D eigenvalue weighted by molar-refractivity contribution is -0.125. The molecule has 0 bridgehead atoms. The van der Waals surface area contributed by atoms with Gasteiger partial charge in [0.25, 0.3) is 5.91 Å². The molecule has 23 heavy (non-hydrogen) atoms. The average Bonchev–Trinajstić information content (AvgIpc) is 3.22. The van der Waals surface area contributed by atoms with Crippen LogP contribution < -0.4 is 0 Å². The summed E-state index contributed by atoms with van der Waals surface area (Å²) < 4.78 is 13.8. The Labute approximate surface area is 136 Å². The molecular formula is C16H14FN3O2S. The molecule has 0 atom stereocenters. The van der Waals surface area contributed by atoms with Crippen LogP contribution in [-0.2, 0) is 11.3 Å². The van der Waals surface area contributed by atoms with Gasteiger partial charge >= 0.3 is 6.03 Å². The first kappa shape index (κ1) is 14.3. The third-order valence-electron chi connectivity index (χ3n) is 4.05. The lowest BCUT2D eigenvalue weighted by atomic mass is 10.2. The number of rotatable bonds is 4. The number of hydrogen-bond donors (Lipinski definition) is 0. The summed E-state index contributed by atoms with van der Waals surface area (Å²) >= 11 is 1.31. The zero-order chi connectivity index (χ0) is 16.0. The van der Waals surface area contributed by atoms with E-state index >= 15 is 0 Å². The van der Waals surface area contributed by atoms with Crippen molar-refractivity contribution in [1.82, 2.24) is 14.8 Å². The van der Waals surface area contributed by atoms with E-state index in [2.05, 4.69) is 4.98 Å². The minimum Gasteiger partial charge on any atom is -0.312 e. The van der Waals surface area contributed by atoms with Gasteiger partial charge < -0.3 is 4.90 Å². The largest absolute Gasteiger partial charge is 0.327 e. The van der Waals surface area contributed by atoms with E-state index < -0.39 is 0 Å². The van der Waals surface area contributed by atoms with Crippen molar-refractivity contribution in [3.8, 4) is 10.6 Å². The number of urea groups is 1. The summed E-state index contributed by atoms with van der Waals surface area (Å²) in [6.45, 7) is 0.305. The maximum atomic E-state index is 13.8.